The molecule has 2 heteroatoms. The van der Waals surface area contributed by atoms with Gasteiger partial charge >= 0.3 is 0 Å². The van der Waals surface area contributed by atoms with Crippen LogP contribution in [0.1, 0.15) is 32.3 Å². The maximum Gasteiger partial charge on any atom is 0.0631 e. The van der Waals surface area contributed by atoms with Crippen molar-refractivity contribution < 1.29 is 0 Å². The summed E-state index contributed by atoms with van der Waals surface area (Å²) in [6.45, 7) is 10.0. The van der Waals surface area contributed by atoms with Gasteiger partial charge < -0.3 is 5.32 Å². The molecule has 19 heavy (non-hydrogen) atoms. The summed E-state index contributed by atoms with van der Waals surface area (Å²) in [5.74, 6) is 0. The van der Waals surface area contributed by atoms with Crippen LogP contribution in [0.5, 0.6) is 0 Å². The van der Waals surface area contributed by atoms with Crippen LogP contribution < -0.4 is 5.32 Å². The molecule has 1 aromatic rings. The minimum absolute atomic E-state index is 0.173. The molecule has 1 aromatic carbocycles. The van der Waals surface area contributed by atoms with E-state index in [9.17, 15) is 0 Å². The Morgan fingerprint density at radius 2 is 2.05 bits per heavy atom. The van der Waals surface area contributed by atoms with Crippen molar-refractivity contribution in [1.82, 2.24) is 0 Å². The summed E-state index contributed by atoms with van der Waals surface area (Å²) in [5.41, 5.74) is 3.13. The van der Waals surface area contributed by atoms with Gasteiger partial charge in [0, 0.05) is 23.2 Å². The number of rotatable bonds is 6. The number of hydrogen-bond donors (Lipinski definition) is 1. The van der Waals surface area contributed by atoms with Gasteiger partial charge in [-0.2, -0.15) is 5.26 Å². The van der Waals surface area contributed by atoms with E-state index in [1.54, 1.807) is 6.08 Å². The average Bonchev–Trinajstić information content (AvgIpc) is 2.41. The first-order valence-corrected chi connectivity index (χ1v) is 6.59. The van der Waals surface area contributed by atoms with Crippen LogP contribution in [0.15, 0.2) is 48.7 Å². The first-order valence-electron chi connectivity index (χ1n) is 6.59. The van der Waals surface area contributed by atoms with E-state index in [0.717, 1.165) is 17.8 Å². The van der Waals surface area contributed by atoms with Gasteiger partial charge in [0.1, 0.15) is 0 Å². The van der Waals surface area contributed by atoms with Gasteiger partial charge in [0.15, 0.2) is 0 Å². The molecule has 0 radical (unpaired) electrons. The number of benzene rings is 1. The molecular weight excluding hydrogens is 232 g/mol. The highest BCUT2D eigenvalue weighted by molar-refractivity contribution is 5.51. The predicted molar refractivity (Wildman–Crippen MR) is 81.7 cm³/mol. The predicted octanol–water partition coefficient (Wildman–Crippen LogP) is 4.81. The average molecular weight is 254 g/mol. The zero-order valence-electron chi connectivity index (χ0n) is 12.0. The van der Waals surface area contributed by atoms with Gasteiger partial charge in [0.05, 0.1) is 6.07 Å². The minimum atomic E-state index is -0.173. The van der Waals surface area contributed by atoms with Gasteiger partial charge in [-0.25, -0.2) is 0 Å². The Labute approximate surface area is 116 Å². The third kappa shape index (κ3) is 3.99. The number of nitrogens with zero attached hydrogens (tertiary/aromatic N) is 1. The molecule has 0 saturated heterocycles. The fourth-order valence-corrected chi connectivity index (χ4v) is 1.89. The maximum atomic E-state index is 9.02. The van der Waals surface area contributed by atoms with Crippen molar-refractivity contribution in [1.29, 1.82) is 5.26 Å². The van der Waals surface area contributed by atoms with Crippen LogP contribution in [-0.2, 0) is 0 Å². The Kier molecular flexibility index (Phi) is 5.38. The number of nitriles is 1. The smallest absolute Gasteiger partial charge is 0.0631 e. The Hall–Kier alpha value is -2.01. The number of anilines is 1. The lowest BCUT2D eigenvalue weighted by molar-refractivity contribution is 0.395. The number of allylic oxidation sites excluding steroid dienone is 3. The molecule has 0 saturated carbocycles. The van der Waals surface area contributed by atoms with Crippen molar-refractivity contribution in [2.75, 3.05) is 5.32 Å². The number of hydrogen-bond acceptors (Lipinski definition) is 2. The topological polar surface area (TPSA) is 35.8 Å². The molecule has 1 atom stereocenters. The fourth-order valence-electron chi connectivity index (χ4n) is 1.89. The Morgan fingerprint density at radius 3 is 2.53 bits per heavy atom. The van der Waals surface area contributed by atoms with E-state index in [-0.39, 0.29) is 5.41 Å². The molecule has 1 unspecified atom stereocenters. The van der Waals surface area contributed by atoms with E-state index in [0.29, 0.717) is 6.42 Å². The van der Waals surface area contributed by atoms with Crippen LogP contribution in [0.25, 0.3) is 0 Å². The van der Waals surface area contributed by atoms with E-state index >= 15 is 0 Å². The summed E-state index contributed by atoms with van der Waals surface area (Å²) < 4.78 is 0. The van der Waals surface area contributed by atoms with Crippen LogP contribution in [0, 0.1) is 23.7 Å². The van der Waals surface area contributed by atoms with Crippen molar-refractivity contribution >= 4 is 5.69 Å². The molecule has 0 spiro atoms. The van der Waals surface area contributed by atoms with Crippen molar-refractivity contribution in [3.05, 3.63) is 54.3 Å². The molecule has 0 aliphatic carbocycles. The molecule has 0 aliphatic rings. The molecule has 100 valence electrons. The lowest BCUT2D eigenvalue weighted by Gasteiger charge is -2.29. The van der Waals surface area contributed by atoms with E-state index in [1.165, 1.54) is 5.56 Å². The molecule has 0 heterocycles. The first-order chi connectivity index (χ1) is 9.05. The largest absolute Gasteiger partial charge is 0.358 e. The van der Waals surface area contributed by atoms with Crippen LogP contribution in [0.4, 0.5) is 5.69 Å². The van der Waals surface area contributed by atoms with Gasteiger partial charge in [-0.05, 0) is 31.6 Å². The summed E-state index contributed by atoms with van der Waals surface area (Å²) in [6.07, 6.45) is 5.11. The second-order valence-electron chi connectivity index (χ2n) is 5.06. The number of nitrogens with one attached hydrogen (secondary N) is 1. The van der Waals surface area contributed by atoms with Crippen molar-refractivity contribution in [2.45, 2.75) is 33.6 Å². The summed E-state index contributed by atoms with van der Waals surface area (Å²) in [6, 6.07) is 10.5. The molecule has 1 rings (SSSR count). The normalized spacial score (nSPS) is 14.3. The second-order valence-corrected chi connectivity index (χ2v) is 5.06. The second kappa shape index (κ2) is 6.80. The molecule has 0 fully saturated rings. The minimum Gasteiger partial charge on any atom is -0.358 e. The monoisotopic (exact) mass is 254 g/mol. The lowest BCUT2D eigenvalue weighted by Crippen LogP contribution is -2.23. The quantitative estimate of drug-likeness (QED) is 0.740. The summed E-state index contributed by atoms with van der Waals surface area (Å²) >= 11 is 0. The van der Waals surface area contributed by atoms with Gasteiger partial charge in [-0.15, -0.1) is 0 Å². The lowest BCUT2D eigenvalue weighted by atomic mass is 9.80. The van der Waals surface area contributed by atoms with E-state index in [4.69, 9.17) is 5.26 Å². The molecule has 2 nitrogen and oxygen atoms in total. The molecular formula is C17H22N2. The highest BCUT2D eigenvalue weighted by atomic mass is 14.9. The molecule has 0 aromatic heterocycles. The van der Waals surface area contributed by atoms with Crippen molar-refractivity contribution in [3.8, 4) is 6.07 Å². The van der Waals surface area contributed by atoms with Crippen LogP contribution in [0.3, 0.4) is 0 Å². The van der Waals surface area contributed by atoms with E-state index in [1.807, 2.05) is 6.08 Å². The SMILES string of the molecule is C=C/C=C(/Nc1ccc(C)cc1)C(C)(CC)CC#N. The van der Waals surface area contributed by atoms with E-state index in [2.05, 4.69) is 63.0 Å². The van der Waals surface area contributed by atoms with E-state index < -0.39 is 0 Å². The zero-order chi connectivity index (χ0) is 14.3. The van der Waals surface area contributed by atoms with Crippen LogP contribution in [-0.4, -0.2) is 0 Å². The summed E-state index contributed by atoms with van der Waals surface area (Å²) in [5, 5.41) is 12.4. The highest BCUT2D eigenvalue weighted by Gasteiger charge is 2.26. The van der Waals surface area contributed by atoms with Crippen molar-refractivity contribution in [2.24, 2.45) is 5.41 Å². The summed E-state index contributed by atoms with van der Waals surface area (Å²) in [4.78, 5) is 0. The van der Waals surface area contributed by atoms with Crippen molar-refractivity contribution in [3.63, 3.8) is 0 Å². The first kappa shape index (κ1) is 15.0. The Balaban J connectivity index is 3.02. The van der Waals surface area contributed by atoms with Gasteiger partial charge in [-0.1, -0.05) is 44.2 Å². The van der Waals surface area contributed by atoms with Gasteiger partial charge in [0.25, 0.3) is 0 Å². The maximum absolute atomic E-state index is 9.02. The fraction of sp³-hybridized carbons (Fsp3) is 0.353. The standard InChI is InChI=1S/C17H22N2/c1-5-7-16(17(4,6-2)12-13-18)19-15-10-8-14(3)9-11-15/h5,7-11,19H,1,6,12H2,2-4H3/b16-7+. The Morgan fingerprint density at radius 1 is 1.42 bits per heavy atom. The molecule has 1 N–H and O–H groups in total. The number of aryl methyl sites for hydroxylation is 1. The summed E-state index contributed by atoms with van der Waals surface area (Å²) in [7, 11) is 0. The van der Waals surface area contributed by atoms with Crippen LogP contribution in [0.2, 0.25) is 0 Å². The third-order valence-corrected chi connectivity index (χ3v) is 3.51. The van der Waals surface area contributed by atoms with Gasteiger partial charge in [-0.3, -0.25) is 0 Å². The zero-order valence-corrected chi connectivity index (χ0v) is 12.0. The highest BCUT2D eigenvalue weighted by Crippen LogP contribution is 2.35. The van der Waals surface area contributed by atoms with Gasteiger partial charge in [0.2, 0.25) is 0 Å². The Bertz CT molecular complexity index is 491. The molecule has 0 amide bonds. The van der Waals surface area contributed by atoms with Crippen LogP contribution >= 0.6 is 0 Å². The molecule has 0 bridgehead atoms. The third-order valence-electron chi connectivity index (χ3n) is 3.51. The molecule has 0 aliphatic heterocycles.